The van der Waals surface area contributed by atoms with Crippen LogP contribution in [0.2, 0.25) is 0 Å². The molecule has 0 fully saturated rings. The van der Waals surface area contributed by atoms with Gasteiger partial charge in [-0.15, -0.1) is 0 Å². The summed E-state index contributed by atoms with van der Waals surface area (Å²) in [4.78, 5) is 14.1. The second-order valence-electron chi connectivity index (χ2n) is 3.60. The molecular formula is C12H11N5. The van der Waals surface area contributed by atoms with Crippen molar-refractivity contribution in [3.63, 3.8) is 0 Å². The molecule has 2 aromatic heterocycles. The van der Waals surface area contributed by atoms with Gasteiger partial charge in [0.15, 0.2) is 0 Å². The predicted molar refractivity (Wildman–Crippen MR) is 63.1 cm³/mol. The van der Waals surface area contributed by atoms with E-state index >= 15 is 0 Å². The SMILES string of the molecule is CN(Cc1ccncc1)c1ncc(C#N)cn1. The van der Waals surface area contributed by atoms with Crippen LogP contribution in [0.5, 0.6) is 0 Å². The minimum Gasteiger partial charge on any atom is -0.340 e. The molecule has 0 radical (unpaired) electrons. The van der Waals surface area contributed by atoms with Crippen molar-refractivity contribution < 1.29 is 0 Å². The fourth-order valence-electron chi connectivity index (χ4n) is 1.41. The molecule has 0 spiro atoms. The van der Waals surface area contributed by atoms with Crippen molar-refractivity contribution in [2.24, 2.45) is 0 Å². The topological polar surface area (TPSA) is 65.7 Å². The highest BCUT2D eigenvalue weighted by atomic mass is 15.2. The Morgan fingerprint density at radius 2 is 1.88 bits per heavy atom. The molecule has 5 nitrogen and oxygen atoms in total. The van der Waals surface area contributed by atoms with E-state index in [2.05, 4.69) is 15.0 Å². The van der Waals surface area contributed by atoms with Gasteiger partial charge in [0.2, 0.25) is 5.95 Å². The van der Waals surface area contributed by atoms with Crippen LogP contribution in [0.25, 0.3) is 0 Å². The first-order valence-electron chi connectivity index (χ1n) is 5.12. The van der Waals surface area contributed by atoms with E-state index in [1.54, 1.807) is 12.4 Å². The van der Waals surface area contributed by atoms with Crippen LogP contribution in [-0.2, 0) is 6.54 Å². The van der Waals surface area contributed by atoms with Gasteiger partial charge in [0.05, 0.1) is 18.0 Å². The third-order valence-corrected chi connectivity index (χ3v) is 2.28. The van der Waals surface area contributed by atoms with Gasteiger partial charge in [0.1, 0.15) is 6.07 Å². The Kier molecular flexibility index (Phi) is 3.26. The lowest BCUT2D eigenvalue weighted by Crippen LogP contribution is -2.18. The number of hydrogen-bond donors (Lipinski definition) is 0. The van der Waals surface area contributed by atoms with Gasteiger partial charge < -0.3 is 4.90 Å². The molecule has 0 aliphatic heterocycles. The summed E-state index contributed by atoms with van der Waals surface area (Å²) >= 11 is 0. The summed E-state index contributed by atoms with van der Waals surface area (Å²) in [6, 6.07) is 5.88. The molecule has 0 aliphatic rings. The zero-order valence-corrected chi connectivity index (χ0v) is 9.41. The first-order chi connectivity index (χ1) is 8.29. The third-order valence-electron chi connectivity index (χ3n) is 2.28. The van der Waals surface area contributed by atoms with Gasteiger partial charge in [-0.05, 0) is 17.7 Å². The second-order valence-corrected chi connectivity index (χ2v) is 3.60. The van der Waals surface area contributed by atoms with E-state index in [0.717, 1.165) is 5.56 Å². The third kappa shape index (κ3) is 2.75. The first kappa shape index (κ1) is 11.0. The molecule has 0 bridgehead atoms. The monoisotopic (exact) mass is 225 g/mol. The van der Waals surface area contributed by atoms with Crippen molar-refractivity contribution in [1.29, 1.82) is 5.26 Å². The molecule has 2 rings (SSSR count). The molecular weight excluding hydrogens is 214 g/mol. The number of anilines is 1. The molecule has 0 saturated heterocycles. The lowest BCUT2D eigenvalue weighted by Gasteiger charge is -2.16. The van der Waals surface area contributed by atoms with Gasteiger partial charge in [-0.2, -0.15) is 5.26 Å². The van der Waals surface area contributed by atoms with Crippen LogP contribution in [0.15, 0.2) is 36.9 Å². The lowest BCUT2D eigenvalue weighted by molar-refractivity contribution is 0.863. The Bertz CT molecular complexity index is 515. The molecule has 84 valence electrons. The summed E-state index contributed by atoms with van der Waals surface area (Å²) < 4.78 is 0. The van der Waals surface area contributed by atoms with Crippen LogP contribution in [0.3, 0.4) is 0 Å². The van der Waals surface area contributed by atoms with Crippen LogP contribution in [0, 0.1) is 11.3 Å². The van der Waals surface area contributed by atoms with Crippen molar-refractivity contribution >= 4 is 5.95 Å². The maximum Gasteiger partial charge on any atom is 0.225 e. The minimum atomic E-state index is 0.464. The molecule has 5 heteroatoms. The zero-order chi connectivity index (χ0) is 12.1. The Labute approximate surface area is 99.4 Å². The number of aromatic nitrogens is 3. The van der Waals surface area contributed by atoms with E-state index in [1.165, 1.54) is 12.4 Å². The van der Waals surface area contributed by atoms with E-state index in [1.807, 2.05) is 30.1 Å². The average molecular weight is 225 g/mol. The summed E-state index contributed by atoms with van der Waals surface area (Å²) in [7, 11) is 1.90. The molecule has 2 aromatic rings. The fraction of sp³-hybridized carbons (Fsp3) is 0.167. The summed E-state index contributed by atoms with van der Waals surface area (Å²) in [5.74, 6) is 0.598. The van der Waals surface area contributed by atoms with Crippen molar-refractivity contribution in [3.05, 3.63) is 48.0 Å². The van der Waals surface area contributed by atoms with Gasteiger partial charge in [0, 0.05) is 26.0 Å². The van der Waals surface area contributed by atoms with E-state index in [0.29, 0.717) is 18.1 Å². The van der Waals surface area contributed by atoms with E-state index in [-0.39, 0.29) is 0 Å². The highest BCUT2D eigenvalue weighted by Crippen LogP contribution is 2.08. The summed E-state index contributed by atoms with van der Waals surface area (Å²) in [5, 5.41) is 8.65. The Morgan fingerprint density at radius 3 is 2.47 bits per heavy atom. The molecule has 0 unspecified atom stereocenters. The number of nitrogens with zero attached hydrogens (tertiary/aromatic N) is 5. The quantitative estimate of drug-likeness (QED) is 0.789. The molecule has 0 aromatic carbocycles. The first-order valence-corrected chi connectivity index (χ1v) is 5.12. The number of hydrogen-bond acceptors (Lipinski definition) is 5. The summed E-state index contributed by atoms with van der Waals surface area (Å²) in [6.07, 6.45) is 6.54. The van der Waals surface area contributed by atoms with Gasteiger partial charge in [0.25, 0.3) is 0 Å². The Hall–Kier alpha value is -2.48. The zero-order valence-electron chi connectivity index (χ0n) is 9.41. The van der Waals surface area contributed by atoms with Crippen LogP contribution in [0.4, 0.5) is 5.95 Å². The van der Waals surface area contributed by atoms with Crippen molar-refractivity contribution in [1.82, 2.24) is 15.0 Å². The van der Waals surface area contributed by atoms with Gasteiger partial charge in [-0.25, -0.2) is 9.97 Å². The summed E-state index contributed by atoms with van der Waals surface area (Å²) in [6.45, 7) is 0.703. The number of pyridine rings is 1. The molecule has 0 saturated carbocycles. The minimum absolute atomic E-state index is 0.464. The highest BCUT2D eigenvalue weighted by molar-refractivity contribution is 5.33. The second kappa shape index (κ2) is 5.03. The number of rotatable bonds is 3. The smallest absolute Gasteiger partial charge is 0.225 e. The molecule has 0 aliphatic carbocycles. The van der Waals surface area contributed by atoms with Gasteiger partial charge >= 0.3 is 0 Å². The highest BCUT2D eigenvalue weighted by Gasteiger charge is 2.04. The van der Waals surface area contributed by atoms with E-state index in [9.17, 15) is 0 Å². The fourth-order valence-corrected chi connectivity index (χ4v) is 1.41. The van der Waals surface area contributed by atoms with Crippen LogP contribution in [0.1, 0.15) is 11.1 Å². The molecule has 0 amide bonds. The molecule has 17 heavy (non-hydrogen) atoms. The van der Waals surface area contributed by atoms with Crippen LogP contribution in [-0.4, -0.2) is 22.0 Å². The maximum absolute atomic E-state index is 8.65. The normalized spacial score (nSPS) is 9.65. The largest absolute Gasteiger partial charge is 0.340 e. The molecule has 2 heterocycles. The predicted octanol–water partition coefficient (Wildman–Crippen LogP) is 1.38. The average Bonchev–Trinajstić information content (AvgIpc) is 2.40. The van der Waals surface area contributed by atoms with E-state index in [4.69, 9.17) is 5.26 Å². The lowest BCUT2D eigenvalue weighted by atomic mass is 10.2. The number of nitriles is 1. The van der Waals surface area contributed by atoms with Crippen molar-refractivity contribution in [2.75, 3.05) is 11.9 Å². The Balaban J connectivity index is 2.10. The van der Waals surface area contributed by atoms with Crippen molar-refractivity contribution in [2.45, 2.75) is 6.54 Å². The van der Waals surface area contributed by atoms with E-state index < -0.39 is 0 Å². The summed E-state index contributed by atoms with van der Waals surface area (Å²) in [5.41, 5.74) is 1.60. The van der Waals surface area contributed by atoms with Crippen molar-refractivity contribution in [3.8, 4) is 6.07 Å². The van der Waals surface area contributed by atoms with Gasteiger partial charge in [-0.1, -0.05) is 0 Å². The van der Waals surface area contributed by atoms with Crippen LogP contribution < -0.4 is 4.90 Å². The van der Waals surface area contributed by atoms with Gasteiger partial charge in [-0.3, -0.25) is 4.98 Å². The van der Waals surface area contributed by atoms with Crippen LogP contribution >= 0.6 is 0 Å². The molecule has 0 atom stereocenters. The maximum atomic E-state index is 8.65. The Morgan fingerprint density at radius 1 is 1.24 bits per heavy atom. The standard InChI is InChI=1S/C12H11N5/c1-17(9-10-2-4-14-5-3-10)12-15-7-11(6-13)8-16-12/h2-5,7-8H,9H2,1H3. The molecule has 0 N–H and O–H groups in total.